The molecule has 1 aromatic rings. The molecule has 1 aromatic carbocycles. The Hall–Kier alpha value is -1.26. The molecule has 4 nitrogen and oxygen atoms in total. The number of amides is 1. The van der Waals surface area contributed by atoms with Crippen LogP contribution < -0.4 is 5.32 Å². The quantitative estimate of drug-likeness (QED) is 0.867. The fourth-order valence-electron chi connectivity index (χ4n) is 1.28. The molecule has 0 aliphatic carbocycles. The van der Waals surface area contributed by atoms with E-state index < -0.39 is 12.0 Å². The van der Waals surface area contributed by atoms with Gasteiger partial charge in [-0.05, 0) is 19.1 Å². The zero-order valence-corrected chi connectivity index (χ0v) is 11.5. The lowest BCUT2D eigenvalue weighted by molar-refractivity contribution is -0.148. The third kappa shape index (κ3) is 4.55. The lowest BCUT2D eigenvalue weighted by Gasteiger charge is -2.12. The minimum atomic E-state index is -0.687. The van der Waals surface area contributed by atoms with Crippen LogP contribution in [0.4, 0.5) is 0 Å². The molecule has 0 aliphatic rings. The van der Waals surface area contributed by atoms with Gasteiger partial charge in [-0.15, -0.1) is 0 Å². The topological polar surface area (TPSA) is 55.4 Å². The van der Waals surface area contributed by atoms with E-state index in [-0.39, 0.29) is 12.5 Å². The van der Waals surface area contributed by atoms with Crippen molar-refractivity contribution in [1.82, 2.24) is 5.32 Å². The van der Waals surface area contributed by atoms with Crippen LogP contribution in [0, 0.1) is 0 Å². The Morgan fingerprint density at radius 2 is 2.06 bits per heavy atom. The summed E-state index contributed by atoms with van der Waals surface area (Å²) in [6.45, 7) is 2.92. The van der Waals surface area contributed by atoms with Gasteiger partial charge in [0.1, 0.15) is 12.6 Å². The molecule has 0 spiro atoms. The van der Waals surface area contributed by atoms with Crippen LogP contribution in [-0.2, 0) is 20.9 Å². The van der Waals surface area contributed by atoms with Crippen molar-refractivity contribution in [3.63, 3.8) is 0 Å². The molecule has 0 aromatic heterocycles. The number of hydrogen-bond donors (Lipinski definition) is 1. The first-order valence-electron chi connectivity index (χ1n) is 5.28. The summed E-state index contributed by atoms with van der Waals surface area (Å²) in [6.07, 6.45) is 0. The minimum Gasteiger partial charge on any atom is -0.459 e. The Balaban J connectivity index is 2.54. The van der Waals surface area contributed by atoms with Gasteiger partial charge in [-0.3, -0.25) is 4.79 Å². The second kappa shape index (κ2) is 6.61. The van der Waals surface area contributed by atoms with E-state index in [1.165, 1.54) is 6.92 Å². The molecule has 0 saturated heterocycles. The standard InChI is InChI=1S/C12H13Cl2NO3/c1-7(15-8(2)16)12(17)18-6-9-3-4-10(13)5-11(9)14/h3-5,7H,6H2,1-2H3,(H,15,16)/t7-/m1/s1. The van der Waals surface area contributed by atoms with E-state index in [0.29, 0.717) is 15.6 Å². The van der Waals surface area contributed by atoms with Gasteiger partial charge in [0, 0.05) is 22.5 Å². The number of ether oxygens (including phenoxy) is 1. The predicted molar refractivity (Wildman–Crippen MR) is 69.5 cm³/mol. The summed E-state index contributed by atoms with van der Waals surface area (Å²) in [7, 11) is 0. The molecule has 6 heteroatoms. The summed E-state index contributed by atoms with van der Waals surface area (Å²) >= 11 is 11.7. The van der Waals surface area contributed by atoms with Crippen molar-refractivity contribution >= 4 is 35.1 Å². The molecule has 0 saturated carbocycles. The van der Waals surface area contributed by atoms with Crippen molar-refractivity contribution < 1.29 is 14.3 Å². The molecule has 1 rings (SSSR count). The number of rotatable bonds is 4. The van der Waals surface area contributed by atoms with E-state index in [9.17, 15) is 9.59 Å². The highest BCUT2D eigenvalue weighted by molar-refractivity contribution is 6.35. The number of carbonyl (C=O) groups excluding carboxylic acids is 2. The summed E-state index contributed by atoms with van der Waals surface area (Å²) in [4.78, 5) is 22.3. The summed E-state index contributed by atoms with van der Waals surface area (Å²) < 4.78 is 5.03. The third-order valence-electron chi connectivity index (χ3n) is 2.16. The van der Waals surface area contributed by atoms with Gasteiger partial charge >= 0.3 is 5.97 Å². The second-order valence-electron chi connectivity index (χ2n) is 3.77. The Labute approximate surface area is 115 Å². The fourth-order valence-corrected chi connectivity index (χ4v) is 1.74. The van der Waals surface area contributed by atoms with Crippen LogP contribution in [-0.4, -0.2) is 17.9 Å². The maximum absolute atomic E-state index is 11.5. The summed E-state index contributed by atoms with van der Waals surface area (Å²) in [6, 6.07) is 4.23. The highest BCUT2D eigenvalue weighted by Gasteiger charge is 2.15. The largest absolute Gasteiger partial charge is 0.459 e. The van der Waals surface area contributed by atoms with Gasteiger partial charge in [-0.2, -0.15) is 0 Å². The van der Waals surface area contributed by atoms with Crippen molar-refractivity contribution in [2.24, 2.45) is 0 Å². The lowest BCUT2D eigenvalue weighted by Crippen LogP contribution is -2.38. The molecule has 1 N–H and O–H groups in total. The van der Waals surface area contributed by atoms with Gasteiger partial charge in [-0.1, -0.05) is 29.3 Å². The first kappa shape index (κ1) is 14.8. The molecule has 0 bridgehead atoms. The van der Waals surface area contributed by atoms with Gasteiger partial charge in [0.05, 0.1) is 0 Å². The Morgan fingerprint density at radius 1 is 1.39 bits per heavy atom. The summed E-state index contributed by atoms with van der Waals surface area (Å²) in [5.74, 6) is -0.805. The third-order valence-corrected chi connectivity index (χ3v) is 2.75. The average Bonchev–Trinajstić information content (AvgIpc) is 2.26. The van der Waals surface area contributed by atoms with Crippen LogP contribution in [0.25, 0.3) is 0 Å². The van der Waals surface area contributed by atoms with Crippen LogP contribution in [0.3, 0.4) is 0 Å². The van der Waals surface area contributed by atoms with Gasteiger partial charge < -0.3 is 10.1 Å². The molecule has 0 fully saturated rings. The fraction of sp³-hybridized carbons (Fsp3) is 0.333. The number of carbonyl (C=O) groups is 2. The van der Waals surface area contributed by atoms with Gasteiger partial charge in [0.25, 0.3) is 0 Å². The molecule has 0 aliphatic heterocycles. The minimum absolute atomic E-state index is 0.0404. The lowest BCUT2D eigenvalue weighted by atomic mass is 10.2. The summed E-state index contributed by atoms with van der Waals surface area (Å²) in [5, 5.41) is 3.38. The van der Waals surface area contributed by atoms with Crippen LogP contribution in [0.5, 0.6) is 0 Å². The molecule has 0 radical (unpaired) electrons. The molecule has 18 heavy (non-hydrogen) atoms. The van der Waals surface area contributed by atoms with E-state index in [2.05, 4.69) is 5.32 Å². The molecular weight excluding hydrogens is 277 g/mol. The highest BCUT2D eigenvalue weighted by Crippen LogP contribution is 2.21. The molecule has 1 atom stereocenters. The zero-order chi connectivity index (χ0) is 13.7. The van der Waals surface area contributed by atoms with Gasteiger partial charge in [-0.25, -0.2) is 4.79 Å². The Kier molecular flexibility index (Phi) is 5.44. The van der Waals surface area contributed by atoms with E-state index in [1.54, 1.807) is 25.1 Å². The van der Waals surface area contributed by atoms with Crippen molar-refractivity contribution in [2.75, 3.05) is 0 Å². The van der Waals surface area contributed by atoms with E-state index in [4.69, 9.17) is 27.9 Å². The molecule has 0 unspecified atom stereocenters. The monoisotopic (exact) mass is 289 g/mol. The predicted octanol–water partition coefficient (Wildman–Crippen LogP) is 2.56. The number of benzene rings is 1. The van der Waals surface area contributed by atoms with Crippen LogP contribution in [0.15, 0.2) is 18.2 Å². The SMILES string of the molecule is CC(=O)N[C@H](C)C(=O)OCc1ccc(Cl)cc1Cl. The highest BCUT2D eigenvalue weighted by atomic mass is 35.5. The Bertz CT molecular complexity index is 463. The molecule has 0 heterocycles. The average molecular weight is 290 g/mol. The second-order valence-corrected chi connectivity index (χ2v) is 4.61. The molecular formula is C12H13Cl2NO3. The number of nitrogens with one attached hydrogen (secondary N) is 1. The van der Waals surface area contributed by atoms with Crippen molar-refractivity contribution in [2.45, 2.75) is 26.5 Å². The maximum Gasteiger partial charge on any atom is 0.328 e. The van der Waals surface area contributed by atoms with Crippen LogP contribution in [0.2, 0.25) is 10.0 Å². The number of esters is 1. The molecule has 98 valence electrons. The van der Waals surface area contributed by atoms with E-state index in [1.807, 2.05) is 0 Å². The normalized spacial score (nSPS) is 11.8. The van der Waals surface area contributed by atoms with Crippen LogP contribution in [0.1, 0.15) is 19.4 Å². The van der Waals surface area contributed by atoms with Crippen LogP contribution >= 0.6 is 23.2 Å². The van der Waals surface area contributed by atoms with E-state index in [0.717, 1.165) is 0 Å². The molecule has 1 amide bonds. The zero-order valence-electron chi connectivity index (χ0n) is 10.00. The van der Waals surface area contributed by atoms with E-state index >= 15 is 0 Å². The van der Waals surface area contributed by atoms with Crippen molar-refractivity contribution in [1.29, 1.82) is 0 Å². The van der Waals surface area contributed by atoms with Crippen molar-refractivity contribution in [3.8, 4) is 0 Å². The van der Waals surface area contributed by atoms with Gasteiger partial charge in [0.2, 0.25) is 5.91 Å². The first-order valence-corrected chi connectivity index (χ1v) is 6.03. The smallest absolute Gasteiger partial charge is 0.328 e. The maximum atomic E-state index is 11.5. The Morgan fingerprint density at radius 3 is 2.61 bits per heavy atom. The summed E-state index contributed by atoms with van der Waals surface area (Å²) in [5.41, 5.74) is 0.657. The number of halogens is 2. The number of hydrogen-bond acceptors (Lipinski definition) is 3. The first-order chi connectivity index (χ1) is 8.40. The van der Waals surface area contributed by atoms with Gasteiger partial charge in [0.15, 0.2) is 0 Å². The van der Waals surface area contributed by atoms with Crippen molar-refractivity contribution in [3.05, 3.63) is 33.8 Å².